The minimum Gasteiger partial charge on any atom is -0.489 e. The lowest BCUT2D eigenvalue weighted by Gasteiger charge is -2.56. The summed E-state index contributed by atoms with van der Waals surface area (Å²) in [5.74, 6) is -0.830. The Kier molecular flexibility index (Phi) is 11.9. The van der Waals surface area contributed by atoms with E-state index >= 15 is 0 Å². The molecule has 360 valence electrons. The van der Waals surface area contributed by atoms with Crippen molar-refractivity contribution in [3.63, 3.8) is 0 Å². The fourth-order valence-corrected chi connectivity index (χ4v) is 12.7. The highest BCUT2D eigenvalue weighted by Gasteiger charge is 2.50. The van der Waals surface area contributed by atoms with Crippen LogP contribution in [-0.4, -0.2) is 83.1 Å². The minimum absolute atomic E-state index is 0.0248. The molecule has 2 saturated carbocycles. The molecule has 2 saturated heterocycles. The topological polar surface area (TPSA) is 192 Å². The lowest BCUT2D eigenvalue weighted by Crippen LogP contribution is -2.54. The number of amides is 1. The van der Waals surface area contributed by atoms with Gasteiger partial charge < -0.3 is 29.8 Å². The molecule has 5 heterocycles. The maximum atomic E-state index is 14.8. The number of H-pyrrole nitrogens is 1. The summed E-state index contributed by atoms with van der Waals surface area (Å²) in [6, 6.07) is 18.2. The molecule has 10 rings (SSSR count). The van der Waals surface area contributed by atoms with Crippen molar-refractivity contribution in [3.05, 3.63) is 105 Å². The predicted octanol–water partition coefficient (Wildman–Crippen LogP) is 9.65. The number of hydrogen-bond donors (Lipinski definition) is 4. The van der Waals surface area contributed by atoms with Gasteiger partial charge in [-0.05, 0) is 131 Å². The summed E-state index contributed by atoms with van der Waals surface area (Å²) in [4.78, 5) is 37.7. The first-order valence-corrected chi connectivity index (χ1v) is 25.5. The Labute approximate surface area is 396 Å². The van der Waals surface area contributed by atoms with E-state index in [4.69, 9.17) is 9.47 Å². The smallest absolute Gasteiger partial charge is 0.297 e. The first-order valence-electron chi connectivity index (χ1n) is 24.0. The highest BCUT2D eigenvalue weighted by Crippen LogP contribution is 2.54. The van der Waals surface area contributed by atoms with Gasteiger partial charge in [-0.3, -0.25) is 19.8 Å². The number of aliphatic hydroxyl groups is 1. The van der Waals surface area contributed by atoms with E-state index in [1.807, 2.05) is 0 Å². The molecule has 4 N–H and O–H groups in total. The summed E-state index contributed by atoms with van der Waals surface area (Å²) < 4.78 is 57.3. The maximum absolute atomic E-state index is 14.8. The lowest BCUT2D eigenvalue weighted by atomic mass is 9.59. The van der Waals surface area contributed by atoms with Crippen molar-refractivity contribution in [2.45, 2.75) is 126 Å². The Bertz CT molecular complexity index is 2880. The number of sulfonamides is 1. The molecule has 5 aliphatic rings. The van der Waals surface area contributed by atoms with Crippen LogP contribution in [0, 0.1) is 34.2 Å². The quantitative estimate of drug-likeness (QED) is 0.0725. The van der Waals surface area contributed by atoms with E-state index < -0.39 is 42.9 Å². The minimum atomic E-state index is -4.72. The number of halogens is 1. The van der Waals surface area contributed by atoms with Gasteiger partial charge in [0.25, 0.3) is 21.6 Å². The lowest BCUT2D eigenvalue weighted by molar-refractivity contribution is -0.384. The average molecular weight is 950 g/mol. The van der Waals surface area contributed by atoms with Gasteiger partial charge in [-0.25, -0.2) is 22.5 Å². The Morgan fingerprint density at radius 3 is 2.51 bits per heavy atom. The average Bonchev–Trinajstić information content (AvgIpc) is 3.93. The molecule has 2 atom stereocenters. The summed E-state index contributed by atoms with van der Waals surface area (Å²) in [6.07, 6.45) is 10.5. The number of anilines is 2. The van der Waals surface area contributed by atoms with Gasteiger partial charge in [-0.15, -0.1) is 0 Å². The molecule has 2 aromatic heterocycles. The monoisotopic (exact) mass is 949 g/mol. The van der Waals surface area contributed by atoms with Gasteiger partial charge in [0, 0.05) is 55.3 Å². The molecule has 0 bridgehead atoms. The third kappa shape index (κ3) is 8.77. The van der Waals surface area contributed by atoms with Crippen LogP contribution in [0.4, 0.5) is 21.5 Å². The summed E-state index contributed by atoms with van der Waals surface area (Å²) in [5, 5.41) is 26.3. The third-order valence-corrected chi connectivity index (χ3v) is 17.0. The van der Waals surface area contributed by atoms with Gasteiger partial charge >= 0.3 is 0 Å². The second-order valence-corrected chi connectivity index (χ2v) is 22.2. The number of aromatic nitrogens is 2. The molecule has 1 spiro atoms. The molecule has 4 fully saturated rings. The summed E-state index contributed by atoms with van der Waals surface area (Å²) in [7, 11) is -4.72. The molecule has 1 amide bonds. The van der Waals surface area contributed by atoms with Gasteiger partial charge in [0.15, 0.2) is 11.4 Å². The van der Waals surface area contributed by atoms with Crippen molar-refractivity contribution in [1.29, 1.82) is 0 Å². The number of pyridine rings is 1. The van der Waals surface area contributed by atoms with Crippen molar-refractivity contribution in [3.8, 4) is 17.2 Å². The van der Waals surface area contributed by atoms with Crippen LogP contribution in [0.3, 0.4) is 0 Å². The predicted molar refractivity (Wildman–Crippen MR) is 257 cm³/mol. The number of aromatic amines is 1. The molecular weight excluding hydrogens is 890 g/mol. The van der Waals surface area contributed by atoms with Gasteiger partial charge in [0.2, 0.25) is 0 Å². The Morgan fingerprint density at radius 1 is 1.03 bits per heavy atom. The van der Waals surface area contributed by atoms with Crippen LogP contribution in [0.1, 0.15) is 124 Å². The van der Waals surface area contributed by atoms with Crippen LogP contribution in [0.15, 0.2) is 71.8 Å². The van der Waals surface area contributed by atoms with E-state index in [2.05, 4.69) is 67.9 Å². The third-order valence-electron chi connectivity index (χ3n) is 15.7. The number of hydrogen-bond acceptors (Lipinski definition) is 12. The zero-order valence-electron chi connectivity index (χ0n) is 39.0. The van der Waals surface area contributed by atoms with Crippen molar-refractivity contribution in [2.75, 3.05) is 36.5 Å². The Balaban J connectivity index is 0.874. The first kappa shape index (κ1) is 46.0. The van der Waals surface area contributed by atoms with E-state index in [1.54, 1.807) is 26.0 Å². The number of nitrogens with zero attached hydrogens (tertiary/aromatic N) is 4. The van der Waals surface area contributed by atoms with E-state index in [9.17, 15) is 32.8 Å². The second-order valence-electron chi connectivity index (χ2n) is 20.5. The number of benzene rings is 3. The highest BCUT2D eigenvalue weighted by atomic mass is 32.2. The molecule has 3 aromatic carbocycles. The van der Waals surface area contributed by atoms with Crippen LogP contribution in [0.25, 0.3) is 11.0 Å². The maximum Gasteiger partial charge on any atom is 0.297 e. The molecule has 17 heteroatoms. The zero-order valence-corrected chi connectivity index (χ0v) is 39.8. The summed E-state index contributed by atoms with van der Waals surface area (Å²) in [5.41, 5.74) is 3.34. The van der Waals surface area contributed by atoms with Gasteiger partial charge in [0.05, 0.1) is 38.1 Å². The fourth-order valence-electron chi connectivity index (χ4n) is 11.7. The van der Waals surface area contributed by atoms with E-state index in [-0.39, 0.29) is 57.9 Å². The van der Waals surface area contributed by atoms with E-state index in [1.165, 1.54) is 48.4 Å². The van der Waals surface area contributed by atoms with Gasteiger partial charge in [-0.2, -0.15) is 0 Å². The van der Waals surface area contributed by atoms with Gasteiger partial charge in [-0.1, -0.05) is 38.1 Å². The number of piperidine rings is 1. The van der Waals surface area contributed by atoms with Crippen molar-refractivity contribution in [1.82, 2.24) is 19.6 Å². The highest BCUT2D eigenvalue weighted by molar-refractivity contribution is 7.90. The second kappa shape index (κ2) is 17.6. The summed E-state index contributed by atoms with van der Waals surface area (Å²) in [6.45, 7) is 10.9. The Hall–Kier alpha value is -5.78. The number of likely N-dealkylation sites (tertiary alicyclic amines) is 1. The molecule has 68 heavy (non-hydrogen) atoms. The van der Waals surface area contributed by atoms with E-state index in [0.29, 0.717) is 55.0 Å². The number of carbonyl (C=O) groups excluding carboxylic acids is 1. The SMILES string of the molecule is Cc1nc2[nH]cc(F)c2cc1Oc1cc(N2CCC3(CC2)CC(N2CCC[C@@H]2c2ccccc2C(C)C)C3)ccc1C(=O)NS(=O)(=O)c1cc2c(c([N+](=O)[O-])c1)N[C@@H](C1CCC(C)(O)CC1)CO2. The number of carbonyl (C=O) groups is 1. The number of nitro benzene ring substituents is 1. The van der Waals surface area contributed by atoms with Crippen LogP contribution in [0.5, 0.6) is 17.2 Å². The van der Waals surface area contributed by atoms with Crippen LogP contribution in [-0.2, 0) is 10.0 Å². The largest absolute Gasteiger partial charge is 0.489 e. The molecule has 0 unspecified atom stereocenters. The van der Waals surface area contributed by atoms with Crippen LogP contribution < -0.4 is 24.4 Å². The number of ether oxygens (including phenoxy) is 2. The van der Waals surface area contributed by atoms with E-state index in [0.717, 1.165) is 57.1 Å². The van der Waals surface area contributed by atoms with Gasteiger partial charge in [0.1, 0.15) is 29.6 Å². The fraction of sp³-hybridized carbons (Fsp3) is 0.490. The number of rotatable bonds is 11. The zero-order chi connectivity index (χ0) is 47.7. The molecule has 5 aromatic rings. The normalized spacial score (nSPS) is 24.0. The molecule has 2 aliphatic carbocycles. The van der Waals surface area contributed by atoms with Crippen molar-refractivity contribution in [2.24, 2.45) is 11.3 Å². The Morgan fingerprint density at radius 2 is 1.78 bits per heavy atom. The van der Waals surface area contributed by atoms with Crippen molar-refractivity contribution < 1.29 is 37.1 Å². The summed E-state index contributed by atoms with van der Waals surface area (Å²) >= 11 is 0. The van der Waals surface area contributed by atoms with Crippen LogP contribution >= 0.6 is 0 Å². The number of nitrogens with one attached hydrogen (secondary N) is 3. The first-order chi connectivity index (χ1) is 32.5. The standard InChI is InChI=1S/C51H60FN7O8S/c1-30(2)36-8-5-6-9-37(36)42-10-7-19-58(42)34-26-51(27-34)17-20-57(21-18-51)33-11-12-38(45(22-33)67-44-25-39-40(52)28-53-48(39)54-31(44)3)49(60)56-68(64,65)35-23-43(59(62)63)47-46(24-35)66-29-41(55-47)32-13-15-50(4,61)16-14-32/h5-6,8-9,11-12,22-25,28,30,32,34,41-42,55,61H,7,10,13-21,26-27,29H2,1-4H3,(H,53,54)(H,56,60)/t32?,41-,42-,50?/m1/s1. The number of fused-ring (bicyclic) bond motifs is 2. The molecule has 0 radical (unpaired) electrons. The van der Waals surface area contributed by atoms with Crippen molar-refractivity contribution >= 4 is 44.0 Å². The number of nitro groups is 1. The molecule has 15 nitrogen and oxygen atoms in total. The number of aryl methyl sites for hydroxylation is 1. The van der Waals surface area contributed by atoms with Crippen LogP contribution in [0.2, 0.25) is 0 Å². The molecule has 3 aliphatic heterocycles. The molecular formula is C51H60FN7O8S.